The van der Waals surface area contributed by atoms with Gasteiger partial charge in [-0.25, -0.2) is 0 Å². The van der Waals surface area contributed by atoms with Crippen LogP contribution in [0, 0.1) is 0 Å². The summed E-state index contributed by atoms with van der Waals surface area (Å²) in [5.74, 6) is 3.71. The smallest absolute Gasteiger partial charge is 0.199 e. The van der Waals surface area contributed by atoms with Gasteiger partial charge in [-0.05, 0) is 36.4 Å². The summed E-state index contributed by atoms with van der Waals surface area (Å²) in [6.07, 6.45) is 0. The molecule has 0 spiro atoms. The zero-order chi connectivity index (χ0) is 23.3. The minimum absolute atomic E-state index is 0.619. The second-order valence-electron chi connectivity index (χ2n) is 6.67. The van der Waals surface area contributed by atoms with Crippen LogP contribution < -0.4 is 44.3 Å². The summed E-state index contributed by atoms with van der Waals surface area (Å²) in [5.41, 5.74) is 0. The maximum absolute atomic E-state index is 5.81. The standard InChI is InChI=1S/C24H28O6PS/c1-25-16-10-7-11-17(26-2)22(16)31(32,23-18(27-3)12-8-13-19(23)28-4)24-20(29-5)14-9-15-21(24)30-6/h7-15,32H,1-6H3/q+1. The zero-order valence-corrected chi connectivity index (χ0v) is 20.8. The largest absolute Gasteiger partial charge is 0.492 e. The average molecular weight is 476 g/mol. The molecule has 0 saturated heterocycles. The zero-order valence-electron chi connectivity index (χ0n) is 19.0. The Bertz CT molecular complexity index is 887. The number of methoxy groups -OCH3 is 6. The van der Waals surface area contributed by atoms with Crippen LogP contribution in [0.2, 0.25) is 0 Å². The number of hydrogen-bond acceptors (Lipinski definition) is 7. The Kier molecular flexibility index (Phi) is 7.64. The number of benzene rings is 3. The Hall–Kier alpha value is -2.76. The highest BCUT2D eigenvalue weighted by atomic mass is 32.7. The molecule has 8 heteroatoms. The van der Waals surface area contributed by atoms with Gasteiger partial charge in [-0.15, -0.1) is 0 Å². The highest BCUT2D eigenvalue weighted by molar-refractivity contribution is 8.61. The second-order valence-corrected chi connectivity index (χ2v) is 11.1. The molecule has 3 aromatic rings. The number of hydrogen-bond donors (Lipinski definition) is 1. The maximum atomic E-state index is 5.81. The summed E-state index contributed by atoms with van der Waals surface area (Å²) in [4.78, 5) is 0. The predicted octanol–water partition coefficient (Wildman–Crippen LogP) is 3.88. The summed E-state index contributed by atoms with van der Waals surface area (Å²) in [6, 6.07) is 16.9. The van der Waals surface area contributed by atoms with Crippen molar-refractivity contribution in [2.45, 2.75) is 0 Å². The normalized spacial score (nSPS) is 11.0. The third-order valence-corrected chi connectivity index (χ3v) is 10.2. The fourth-order valence-corrected chi connectivity index (χ4v) is 9.14. The van der Waals surface area contributed by atoms with Crippen molar-refractivity contribution < 1.29 is 28.4 Å². The summed E-state index contributed by atoms with van der Waals surface area (Å²) in [6.45, 7) is -2.91. The van der Waals surface area contributed by atoms with Gasteiger partial charge >= 0.3 is 0 Å². The van der Waals surface area contributed by atoms with Gasteiger partial charge in [0.2, 0.25) is 0 Å². The number of thiol groups is 1. The summed E-state index contributed by atoms with van der Waals surface area (Å²) >= 11 is 5.46. The van der Waals surface area contributed by atoms with Gasteiger partial charge in [0.05, 0.1) is 42.7 Å². The van der Waals surface area contributed by atoms with Crippen molar-refractivity contribution in [3.63, 3.8) is 0 Å². The Labute approximate surface area is 194 Å². The van der Waals surface area contributed by atoms with E-state index in [1.165, 1.54) is 0 Å². The van der Waals surface area contributed by atoms with E-state index in [2.05, 4.69) is 0 Å². The van der Waals surface area contributed by atoms with Gasteiger partial charge in [0, 0.05) is 12.2 Å². The van der Waals surface area contributed by atoms with Crippen LogP contribution >= 0.6 is 18.7 Å². The minimum Gasteiger partial charge on any atom is -0.492 e. The molecule has 0 saturated carbocycles. The number of rotatable bonds is 9. The SMILES string of the molecule is COc1cccc(OC)c1[P+](S)(c1c(OC)cccc1OC)c1c(OC)cccc1OC. The van der Waals surface area contributed by atoms with E-state index in [4.69, 9.17) is 40.7 Å². The van der Waals surface area contributed by atoms with Crippen molar-refractivity contribution >= 4 is 34.6 Å². The van der Waals surface area contributed by atoms with E-state index in [-0.39, 0.29) is 0 Å². The van der Waals surface area contributed by atoms with Crippen LogP contribution in [0.1, 0.15) is 0 Å². The van der Waals surface area contributed by atoms with Crippen LogP contribution in [0.5, 0.6) is 34.5 Å². The second kappa shape index (κ2) is 10.2. The molecule has 0 amide bonds. The lowest BCUT2D eigenvalue weighted by atomic mass is 10.3. The molecule has 0 atom stereocenters. The van der Waals surface area contributed by atoms with E-state index >= 15 is 0 Å². The third-order valence-electron chi connectivity index (χ3n) is 5.18. The van der Waals surface area contributed by atoms with Crippen molar-refractivity contribution in [2.24, 2.45) is 0 Å². The lowest BCUT2D eigenvalue weighted by Gasteiger charge is -2.28. The molecule has 0 heterocycles. The van der Waals surface area contributed by atoms with Gasteiger partial charge in [0.15, 0.2) is 56.9 Å². The first-order valence-corrected chi connectivity index (χ1v) is 12.7. The van der Waals surface area contributed by atoms with Gasteiger partial charge in [0.1, 0.15) is 0 Å². The fourth-order valence-electron chi connectivity index (χ4n) is 3.79. The van der Waals surface area contributed by atoms with E-state index in [9.17, 15) is 0 Å². The number of ether oxygens (including phenoxy) is 6. The molecule has 0 N–H and O–H groups in total. The van der Waals surface area contributed by atoms with Gasteiger partial charge in [-0.1, -0.05) is 18.2 Å². The van der Waals surface area contributed by atoms with Gasteiger partial charge < -0.3 is 28.4 Å². The van der Waals surface area contributed by atoms with Crippen LogP contribution in [0.3, 0.4) is 0 Å². The molecular weight excluding hydrogens is 447 g/mol. The predicted molar refractivity (Wildman–Crippen MR) is 133 cm³/mol. The van der Waals surface area contributed by atoms with E-state index in [0.717, 1.165) is 15.9 Å². The van der Waals surface area contributed by atoms with E-state index in [0.29, 0.717) is 34.5 Å². The molecule has 0 aliphatic carbocycles. The van der Waals surface area contributed by atoms with Crippen molar-refractivity contribution in [1.29, 1.82) is 0 Å². The van der Waals surface area contributed by atoms with Crippen molar-refractivity contribution in [2.75, 3.05) is 42.7 Å². The quantitative estimate of drug-likeness (QED) is 0.375. The van der Waals surface area contributed by atoms with Crippen molar-refractivity contribution in [1.82, 2.24) is 0 Å². The summed E-state index contributed by atoms with van der Waals surface area (Å²) in [7, 11) is 9.72. The summed E-state index contributed by atoms with van der Waals surface area (Å²) in [5, 5.41) is 2.29. The molecule has 0 aliphatic heterocycles. The molecule has 0 bridgehead atoms. The lowest BCUT2D eigenvalue weighted by molar-refractivity contribution is 0.398. The maximum Gasteiger partial charge on any atom is 0.199 e. The molecule has 170 valence electrons. The first kappa shape index (κ1) is 23.9. The molecule has 32 heavy (non-hydrogen) atoms. The molecule has 0 fully saturated rings. The topological polar surface area (TPSA) is 55.4 Å². The van der Waals surface area contributed by atoms with E-state index < -0.39 is 6.46 Å². The highest BCUT2D eigenvalue weighted by Gasteiger charge is 2.55. The van der Waals surface area contributed by atoms with E-state index in [1.807, 2.05) is 54.6 Å². The Balaban J connectivity index is 2.62. The summed E-state index contributed by atoms with van der Waals surface area (Å²) < 4.78 is 34.8. The molecular formula is C24H28O6PS+. The Morgan fingerprint density at radius 2 is 0.625 bits per heavy atom. The molecule has 0 aromatic heterocycles. The molecule has 6 nitrogen and oxygen atoms in total. The molecule has 3 rings (SSSR count). The van der Waals surface area contributed by atoms with Crippen LogP contribution in [0.4, 0.5) is 0 Å². The molecule has 0 aliphatic rings. The van der Waals surface area contributed by atoms with Crippen molar-refractivity contribution in [3.8, 4) is 34.5 Å². The monoisotopic (exact) mass is 475 g/mol. The van der Waals surface area contributed by atoms with Gasteiger partial charge in [-0.3, -0.25) is 0 Å². The lowest BCUT2D eigenvalue weighted by Crippen LogP contribution is -2.32. The Morgan fingerprint density at radius 3 is 0.781 bits per heavy atom. The molecule has 0 unspecified atom stereocenters. The van der Waals surface area contributed by atoms with Crippen LogP contribution in [0.25, 0.3) is 0 Å². The minimum atomic E-state index is -2.91. The molecule has 3 aromatic carbocycles. The first-order chi connectivity index (χ1) is 15.5. The van der Waals surface area contributed by atoms with Crippen molar-refractivity contribution in [3.05, 3.63) is 54.6 Å². The highest BCUT2D eigenvalue weighted by Crippen LogP contribution is 2.68. The van der Waals surface area contributed by atoms with Crippen LogP contribution in [-0.2, 0) is 0 Å². The average Bonchev–Trinajstić information content (AvgIpc) is 2.86. The fraction of sp³-hybridized carbons (Fsp3) is 0.250. The first-order valence-electron chi connectivity index (χ1n) is 9.78. The van der Waals surface area contributed by atoms with Crippen LogP contribution in [0.15, 0.2) is 54.6 Å². The van der Waals surface area contributed by atoms with Crippen LogP contribution in [-0.4, -0.2) is 42.7 Å². The van der Waals surface area contributed by atoms with E-state index in [1.54, 1.807) is 42.7 Å². The third kappa shape index (κ3) is 3.91. The Morgan fingerprint density at radius 1 is 0.438 bits per heavy atom. The van der Waals surface area contributed by atoms with Gasteiger partial charge in [0.25, 0.3) is 0 Å². The van der Waals surface area contributed by atoms with Gasteiger partial charge in [-0.2, -0.15) is 0 Å². The molecule has 0 radical (unpaired) electrons.